The van der Waals surface area contributed by atoms with Crippen LogP contribution in [0.1, 0.15) is 33.1 Å². The molecule has 66 valence electrons. The van der Waals surface area contributed by atoms with Crippen molar-refractivity contribution in [2.75, 3.05) is 6.61 Å². The molecule has 0 unspecified atom stereocenters. The predicted molar refractivity (Wildman–Crippen MR) is 44.2 cm³/mol. The molecule has 1 aliphatic rings. The standard InChI is InChI=1S/C9H18O2/c1-9(2)5-3-7(4-6-10)8(9)11/h7-8,10-11H,3-6H2,1-2H3/t7-,8-/m1/s1. The van der Waals surface area contributed by atoms with Crippen LogP contribution in [-0.2, 0) is 0 Å². The van der Waals surface area contributed by atoms with E-state index in [4.69, 9.17) is 5.11 Å². The van der Waals surface area contributed by atoms with Crippen LogP contribution < -0.4 is 0 Å². The number of aliphatic hydroxyl groups excluding tert-OH is 2. The van der Waals surface area contributed by atoms with Crippen molar-refractivity contribution in [1.29, 1.82) is 0 Å². The maximum atomic E-state index is 9.74. The van der Waals surface area contributed by atoms with Crippen LogP contribution in [0.3, 0.4) is 0 Å². The monoisotopic (exact) mass is 158 g/mol. The Balaban J connectivity index is 2.49. The largest absolute Gasteiger partial charge is 0.396 e. The zero-order chi connectivity index (χ0) is 8.48. The van der Waals surface area contributed by atoms with Crippen molar-refractivity contribution in [2.24, 2.45) is 11.3 Å². The molecule has 1 saturated carbocycles. The van der Waals surface area contributed by atoms with Gasteiger partial charge >= 0.3 is 0 Å². The Labute approximate surface area is 68.2 Å². The van der Waals surface area contributed by atoms with E-state index in [9.17, 15) is 5.11 Å². The lowest BCUT2D eigenvalue weighted by Gasteiger charge is -2.25. The minimum absolute atomic E-state index is 0.0693. The van der Waals surface area contributed by atoms with E-state index in [0.29, 0.717) is 5.92 Å². The van der Waals surface area contributed by atoms with Crippen LogP contribution in [0.25, 0.3) is 0 Å². The van der Waals surface area contributed by atoms with Crippen LogP contribution in [0, 0.1) is 11.3 Å². The fourth-order valence-corrected chi connectivity index (χ4v) is 1.97. The second-order valence-electron chi connectivity index (χ2n) is 4.24. The van der Waals surface area contributed by atoms with Crippen LogP contribution in [0.4, 0.5) is 0 Å². The zero-order valence-corrected chi connectivity index (χ0v) is 7.38. The molecule has 0 amide bonds. The van der Waals surface area contributed by atoms with Crippen LogP contribution in [0.15, 0.2) is 0 Å². The topological polar surface area (TPSA) is 40.5 Å². The van der Waals surface area contributed by atoms with E-state index >= 15 is 0 Å². The van der Waals surface area contributed by atoms with Gasteiger partial charge in [0.25, 0.3) is 0 Å². The second-order valence-corrected chi connectivity index (χ2v) is 4.24. The van der Waals surface area contributed by atoms with Crippen LogP contribution >= 0.6 is 0 Å². The second kappa shape index (κ2) is 3.11. The molecule has 0 spiro atoms. The van der Waals surface area contributed by atoms with Crippen LogP contribution in [0.2, 0.25) is 0 Å². The van der Waals surface area contributed by atoms with E-state index in [2.05, 4.69) is 13.8 Å². The molecule has 2 heteroatoms. The van der Waals surface area contributed by atoms with Crippen molar-refractivity contribution in [3.63, 3.8) is 0 Å². The first-order chi connectivity index (χ1) is 5.08. The summed E-state index contributed by atoms with van der Waals surface area (Å²) in [5.41, 5.74) is 0.0693. The van der Waals surface area contributed by atoms with Gasteiger partial charge in [-0.1, -0.05) is 13.8 Å². The van der Waals surface area contributed by atoms with Gasteiger partial charge in [-0.25, -0.2) is 0 Å². The molecule has 0 heterocycles. The predicted octanol–water partition coefficient (Wildman–Crippen LogP) is 1.17. The Bertz CT molecular complexity index is 132. The van der Waals surface area contributed by atoms with Gasteiger partial charge in [-0.15, -0.1) is 0 Å². The molecule has 1 rings (SSSR count). The third-order valence-electron chi connectivity index (χ3n) is 2.91. The van der Waals surface area contributed by atoms with Gasteiger partial charge in [0, 0.05) is 6.61 Å². The first kappa shape index (κ1) is 9.01. The molecule has 0 bridgehead atoms. The van der Waals surface area contributed by atoms with Crippen molar-refractivity contribution in [3.05, 3.63) is 0 Å². The summed E-state index contributed by atoms with van der Waals surface area (Å²) in [7, 11) is 0. The fourth-order valence-electron chi connectivity index (χ4n) is 1.97. The van der Waals surface area contributed by atoms with Crippen molar-refractivity contribution >= 4 is 0 Å². The van der Waals surface area contributed by atoms with Gasteiger partial charge in [-0.05, 0) is 30.6 Å². The minimum Gasteiger partial charge on any atom is -0.396 e. The SMILES string of the molecule is CC1(C)CC[C@H](CCO)[C@H]1O. The summed E-state index contributed by atoms with van der Waals surface area (Å²) < 4.78 is 0. The molecule has 11 heavy (non-hydrogen) atoms. The average Bonchev–Trinajstić information content (AvgIpc) is 2.17. The Kier molecular flexibility index (Phi) is 2.55. The Hall–Kier alpha value is -0.0800. The lowest BCUT2D eigenvalue weighted by atomic mass is 9.87. The van der Waals surface area contributed by atoms with Gasteiger partial charge in [0.15, 0.2) is 0 Å². The third kappa shape index (κ3) is 1.74. The Morgan fingerprint density at radius 3 is 2.45 bits per heavy atom. The van der Waals surface area contributed by atoms with Crippen molar-refractivity contribution in [1.82, 2.24) is 0 Å². The van der Waals surface area contributed by atoms with Crippen molar-refractivity contribution in [2.45, 2.75) is 39.2 Å². The van der Waals surface area contributed by atoms with Gasteiger partial charge in [-0.2, -0.15) is 0 Å². The van der Waals surface area contributed by atoms with E-state index < -0.39 is 0 Å². The Morgan fingerprint density at radius 2 is 2.09 bits per heavy atom. The van der Waals surface area contributed by atoms with E-state index in [1.165, 1.54) is 0 Å². The molecule has 0 aromatic carbocycles. The number of hydrogen-bond donors (Lipinski definition) is 2. The lowest BCUT2D eigenvalue weighted by Crippen LogP contribution is -2.28. The summed E-state index contributed by atoms with van der Waals surface area (Å²) in [6.07, 6.45) is 2.69. The lowest BCUT2D eigenvalue weighted by molar-refractivity contribution is 0.0378. The molecule has 2 nitrogen and oxygen atoms in total. The first-order valence-electron chi connectivity index (χ1n) is 4.37. The smallest absolute Gasteiger partial charge is 0.0620 e. The highest BCUT2D eigenvalue weighted by Gasteiger charge is 2.39. The van der Waals surface area contributed by atoms with Crippen molar-refractivity contribution in [3.8, 4) is 0 Å². The van der Waals surface area contributed by atoms with Gasteiger partial charge in [0.1, 0.15) is 0 Å². The molecule has 1 aliphatic carbocycles. The fraction of sp³-hybridized carbons (Fsp3) is 1.00. The quantitative estimate of drug-likeness (QED) is 0.633. The number of rotatable bonds is 2. The molecular weight excluding hydrogens is 140 g/mol. The normalized spacial score (nSPS) is 36.0. The summed E-state index contributed by atoms with van der Waals surface area (Å²) >= 11 is 0. The van der Waals surface area contributed by atoms with E-state index in [1.807, 2.05) is 0 Å². The van der Waals surface area contributed by atoms with Gasteiger partial charge in [0.05, 0.1) is 6.10 Å². The summed E-state index contributed by atoms with van der Waals surface area (Å²) in [5.74, 6) is 0.329. The van der Waals surface area contributed by atoms with E-state index in [1.54, 1.807) is 0 Å². The molecule has 0 aromatic rings. The van der Waals surface area contributed by atoms with Crippen molar-refractivity contribution < 1.29 is 10.2 Å². The number of aliphatic hydroxyl groups is 2. The third-order valence-corrected chi connectivity index (χ3v) is 2.91. The average molecular weight is 158 g/mol. The summed E-state index contributed by atoms with van der Waals surface area (Å²) in [4.78, 5) is 0. The summed E-state index contributed by atoms with van der Waals surface area (Å²) in [5, 5.41) is 18.4. The minimum atomic E-state index is -0.213. The van der Waals surface area contributed by atoms with Gasteiger partial charge in [0.2, 0.25) is 0 Å². The molecule has 2 N–H and O–H groups in total. The highest BCUT2D eigenvalue weighted by atomic mass is 16.3. The molecule has 0 aromatic heterocycles. The van der Waals surface area contributed by atoms with Gasteiger partial charge < -0.3 is 10.2 Å². The zero-order valence-electron chi connectivity index (χ0n) is 7.38. The number of hydrogen-bond acceptors (Lipinski definition) is 2. The highest BCUT2D eigenvalue weighted by Crippen LogP contribution is 2.42. The molecule has 0 saturated heterocycles. The molecule has 0 aliphatic heterocycles. The maximum absolute atomic E-state index is 9.74. The van der Waals surface area contributed by atoms with Crippen LogP contribution in [0.5, 0.6) is 0 Å². The molecule has 0 radical (unpaired) electrons. The molecule has 1 fully saturated rings. The molecule has 2 atom stereocenters. The van der Waals surface area contributed by atoms with E-state index in [-0.39, 0.29) is 18.1 Å². The first-order valence-corrected chi connectivity index (χ1v) is 4.37. The maximum Gasteiger partial charge on any atom is 0.0620 e. The van der Waals surface area contributed by atoms with Crippen LogP contribution in [-0.4, -0.2) is 22.9 Å². The van der Waals surface area contributed by atoms with E-state index in [0.717, 1.165) is 19.3 Å². The summed E-state index contributed by atoms with van der Waals surface area (Å²) in [6.45, 7) is 4.39. The van der Waals surface area contributed by atoms with Gasteiger partial charge in [-0.3, -0.25) is 0 Å². The molecular formula is C9H18O2. The highest BCUT2D eigenvalue weighted by molar-refractivity contribution is 4.90. The Morgan fingerprint density at radius 1 is 1.45 bits per heavy atom. The summed E-state index contributed by atoms with van der Waals surface area (Å²) in [6, 6.07) is 0.